The smallest absolute Gasteiger partial charge is 0.314 e. The summed E-state index contributed by atoms with van der Waals surface area (Å²) in [4.78, 5) is 0. The highest BCUT2D eigenvalue weighted by atomic mass is 19.4. The van der Waals surface area contributed by atoms with E-state index >= 15 is 0 Å². The molecule has 0 fully saturated rings. The second-order valence-electron chi connectivity index (χ2n) is 4.55. The molecule has 4 heteroatoms. The van der Waals surface area contributed by atoms with E-state index in [-0.39, 0.29) is 6.42 Å². The van der Waals surface area contributed by atoms with Gasteiger partial charge in [-0.15, -0.1) is 0 Å². The standard InChI is InChI=1S/C11H22F3N/c1-9(2)5-6-10(3)15-8-4-7-11(12,13)14/h9-10,15H,4-8H2,1-3H3. The molecule has 0 aliphatic carbocycles. The fourth-order valence-corrected chi connectivity index (χ4v) is 1.32. The molecular formula is C11H22F3N. The summed E-state index contributed by atoms with van der Waals surface area (Å²) in [5.41, 5.74) is 0. The molecule has 0 bridgehead atoms. The Morgan fingerprint density at radius 1 is 1.07 bits per heavy atom. The highest BCUT2D eigenvalue weighted by molar-refractivity contribution is 4.62. The normalized spacial score (nSPS) is 14.6. The van der Waals surface area contributed by atoms with Crippen molar-refractivity contribution in [3.63, 3.8) is 0 Å². The molecule has 0 aromatic rings. The third-order valence-electron chi connectivity index (χ3n) is 2.31. The quantitative estimate of drug-likeness (QED) is 0.651. The minimum absolute atomic E-state index is 0.176. The van der Waals surface area contributed by atoms with Gasteiger partial charge in [0.2, 0.25) is 0 Å². The zero-order valence-corrected chi connectivity index (χ0v) is 9.82. The third-order valence-corrected chi connectivity index (χ3v) is 2.31. The van der Waals surface area contributed by atoms with Gasteiger partial charge in [-0.1, -0.05) is 13.8 Å². The average molecular weight is 225 g/mol. The van der Waals surface area contributed by atoms with Crippen molar-refractivity contribution in [1.29, 1.82) is 0 Å². The highest BCUT2D eigenvalue weighted by Crippen LogP contribution is 2.20. The van der Waals surface area contributed by atoms with Crippen molar-refractivity contribution >= 4 is 0 Å². The van der Waals surface area contributed by atoms with Crippen molar-refractivity contribution in [3.05, 3.63) is 0 Å². The van der Waals surface area contributed by atoms with Crippen LogP contribution in [0.3, 0.4) is 0 Å². The summed E-state index contributed by atoms with van der Waals surface area (Å²) < 4.78 is 35.4. The van der Waals surface area contributed by atoms with E-state index in [0.29, 0.717) is 18.5 Å². The molecule has 0 amide bonds. The van der Waals surface area contributed by atoms with Crippen LogP contribution < -0.4 is 5.32 Å². The van der Waals surface area contributed by atoms with Gasteiger partial charge in [0, 0.05) is 12.5 Å². The van der Waals surface area contributed by atoms with Crippen LogP contribution in [-0.4, -0.2) is 18.8 Å². The van der Waals surface area contributed by atoms with E-state index in [1.165, 1.54) is 0 Å². The minimum atomic E-state index is -4.01. The first-order chi connectivity index (χ1) is 6.81. The zero-order chi connectivity index (χ0) is 11.9. The SMILES string of the molecule is CC(C)CCC(C)NCCCC(F)(F)F. The summed E-state index contributed by atoms with van der Waals surface area (Å²) in [5.74, 6) is 0.657. The van der Waals surface area contributed by atoms with Gasteiger partial charge >= 0.3 is 6.18 Å². The van der Waals surface area contributed by atoms with Crippen molar-refractivity contribution in [2.24, 2.45) is 5.92 Å². The molecule has 1 N–H and O–H groups in total. The molecule has 0 heterocycles. The number of hydrogen-bond donors (Lipinski definition) is 1. The van der Waals surface area contributed by atoms with Crippen molar-refractivity contribution in [2.75, 3.05) is 6.54 Å². The largest absolute Gasteiger partial charge is 0.389 e. The Kier molecular flexibility index (Phi) is 6.98. The Balaban J connectivity index is 3.35. The molecule has 0 saturated heterocycles. The van der Waals surface area contributed by atoms with Crippen molar-refractivity contribution in [2.45, 2.75) is 58.7 Å². The number of hydrogen-bond acceptors (Lipinski definition) is 1. The zero-order valence-electron chi connectivity index (χ0n) is 9.82. The van der Waals surface area contributed by atoms with Crippen LogP contribution >= 0.6 is 0 Å². The van der Waals surface area contributed by atoms with Crippen LogP contribution in [-0.2, 0) is 0 Å². The summed E-state index contributed by atoms with van der Waals surface area (Å²) in [6, 6.07) is 0.320. The van der Waals surface area contributed by atoms with Gasteiger partial charge < -0.3 is 5.32 Å². The van der Waals surface area contributed by atoms with Crippen LogP contribution in [0.5, 0.6) is 0 Å². The van der Waals surface area contributed by atoms with E-state index < -0.39 is 12.6 Å². The monoisotopic (exact) mass is 225 g/mol. The Labute approximate surface area is 90.4 Å². The molecule has 0 saturated carbocycles. The van der Waals surface area contributed by atoms with Gasteiger partial charge in [0.1, 0.15) is 0 Å². The van der Waals surface area contributed by atoms with Gasteiger partial charge in [-0.25, -0.2) is 0 Å². The van der Waals surface area contributed by atoms with Crippen LogP contribution in [0, 0.1) is 5.92 Å². The van der Waals surface area contributed by atoms with Gasteiger partial charge in [-0.2, -0.15) is 13.2 Å². The molecule has 0 aromatic carbocycles. The van der Waals surface area contributed by atoms with E-state index in [0.717, 1.165) is 12.8 Å². The molecule has 1 nitrogen and oxygen atoms in total. The Hall–Kier alpha value is -0.250. The first-order valence-electron chi connectivity index (χ1n) is 5.61. The number of nitrogens with one attached hydrogen (secondary N) is 1. The third kappa shape index (κ3) is 11.7. The lowest BCUT2D eigenvalue weighted by atomic mass is 10.0. The highest BCUT2D eigenvalue weighted by Gasteiger charge is 2.25. The number of alkyl halides is 3. The number of halogens is 3. The van der Waals surface area contributed by atoms with Crippen molar-refractivity contribution < 1.29 is 13.2 Å². The van der Waals surface area contributed by atoms with E-state index in [1.807, 2.05) is 6.92 Å². The molecule has 0 rings (SSSR count). The molecule has 0 aromatic heterocycles. The predicted octanol–water partition coefficient (Wildman–Crippen LogP) is 3.74. The maximum atomic E-state index is 11.8. The van der Waals surface area contributed by atoms with Crippen LogP contribution in [0.15, 0.2) is 0 Å². The molecule has 1 atom stereocenters. The summed E-state index contributed by atoms with van der Waals surface area (Å²) in [6.07, 6.45) is -2.37. The Morgan fingerprint density at radius 2 is 1.67 bits per heavy atom. The molecule has 1 unspecified atom stereocenters. The van der Waals surface area contributed by atoms with Crippen LogP contribution in [0.4, 0.5) is 13.2 Å². The molecular weight excluding hydrogens is 203 g/mol. The molecule has 15 heavy (non-hydrogen) atoms. The summed E-state index contributed by atoms with van der Waals surface area (Å²) in [6.45, 7) is 6.78. The van der Waals surface area contributed by atoms with Crippen molar-refractivity contribution in [1.82, 2.24) is 5.32 Å². The maximum Gasteiger partial charge on any atom is 0.389 e. The fourth-order valence-electron chi connectivity index (χ4n) is 1.32. The molecule has 0 spiro atoms. The van der Waals surface area contributed by atoms with Gasteiger partial charge in [-0.3, -0.25) is 0 Å². The van der Waals surface area contributed by atoms with Gasteiger partial charge in [0.25, 0.3) is 0 Å². The predicted molar refractivity (Wildman–Crippen MR) is 56.8 cm³/mol. The van der Waals surface area contributed by atoms with E-state index in [9.17, 15) is 13.2 Å². The first kappa shape index (κ1) is 14.8. The van der Waals surface area contributed by atoms with Gasteiger partial charge in [-0.05, 0) is 38.6 Å². The lowest BCUT2D eigenvalue weighted by molar-refractivity contribution is -0.135. The molecule has 0 radical (unpaired) electrons. The molecule has 92 valence electrons. The van der Waals surface area contributed by atoms with Crippen LogP contribution in [0.1, 0.15) is 46.5 Å². The lowest BCUT2D eigenvalue weighted by Gasteiger charge is -2.15. The second-order valence-corrected chi connectivity index (χ2v) is 4.55. The lowest BCUT2D eigenvalue weighted by Crippen LogP contribution is -2.28. The minimum Gasteiger partial charge on any atom is -0.314 e. The summed E-state index contributed by atoms with van der Waals surface area (Å²) in [7, 11) is 0. The Bertz CT molecular complexity index is 154. The van der Waals surface area contributed by atoms with E-state index in [2.05, 4.69) is 19.2 Å². The van der Waals surface area contributed by atoms with Gasteiger partial charge in [0.05, 0.1) is 0 Å². The second kappa shape index (κ2) is 7.09. The topological polar surface area (TPSA) is 12.0 Å². The summed E-state index contributed by atoms with van der Waals surface area (Å²) in [5, 5.41) is 3.11. The molecule has 0 aliphatic rings. The number of rotatable bonds is 7. The van der Waals surface area contributed by atoms with Gasteiger partial charge in [0.15, 0.2) is 0 Å². The molecule has 0 aliphatic heterocycles. The summed E-state index contributed by atoms with van der Waals surface area (Å²) >= 11 is 0. The fraction of sp³-hybridized carbons (Fsp3) is 1.00. The maximum absolute atomic E-state index is 11.8. The Morgan fingerprint density at radius 3 is 2.13 bits per heavy atom. The van der Waals surface area contributed by atoms with E-state index in [4.69, 9.17) is 0 Å². The van der Waals surface area contributed by atoms with Crippen LogP contribution in [0.25, 0.3) is 0 Å². The first-order valence-corrected chi connectivity index (χ1v) is 5.61. The van der Waals surface area contributed by atoms with Crippen molar-refractivity contribution in [3.8, 4) is 0 Å². The van der Waals surface area contributed by atoms with Crippen LogP contribution in [0.2, 0.25) is 0 Å². The van der Waals surface area contributed by atoms with E-state index in [1.54, 1.807) is 0 Å². The average Bonchev–Trinajstić information content (AvgIpc) is 2.07.